The first kappa shape index (κ1) is 26.0. The Balaban J connectivity index is 0.000000316. The second-order valence-electron chi connectivity index (χ2n) is 6.06. The molecule has 0 atom stereocenters. The quantitative estimate of drug-likeness (QED) is 0.531. The van der Waals surface area contributed by atoms with Gasteiger partial charge in [-0.05, 0) is 27.7 Å². The first-order valence-electron chi connectivity index (χ1n) is 8.85. The molecule has 2 rings (SSSR count). The molecule has 2 heterocycles. The molecule has 8 nitrogen and oxygen atoms in total. The minimum atomic E-state index is -4.66. The maximum Gasteiger partial charge on any atom is 0.436 e. The number of ether oxygens (including phenoxy) is 2. The van der Waals surface area contributed by atoms with Crippen LogP contribution in [-0.2, 0) is 21.8 Å². The lowest BCUT2D eigenvalue weighted by molar-refractivity contribution is -0.142. The topological polar surface area (TPSA) is 99.1 Å². The van der Waals surface area contributed by atoms with Gasteiger partial charge in [-0.2, -0.15) is 36.5 Å². The van der Waals surface area contributed by atoms with Crippen molar-refractivity contribution >= 4 is 11.9 Å². The zero-order valence-corrected chi connectivity index (χ0v) is 16.9. The van der Waals surface area contributed by atoms with Gasteiger partial charge in [0.25, 0.3) is 0 Å². The van der Waals surface area contributed by atoms with Crippen molar-refractivity contribution < 1.29 is 45.4 Å². The standard InChI is InChI=1S/C10H13F3N2O2.C7H7F3N2O2/c1-4-17-9(16)7-5-15(6(2)3)14-8(7)10(11,12)13;1-2-14-6(13)4-3-11-12-5(4)7(8,9)10/h5-6H,4H2,1-3H3;3H,2H2,1H3,(H,11,12). The Morgan fingerprint density at radius 3 is 1.94 bits per heavy atom. The fraction of sp³-hybridized carbons (Fsp3) is 0.529. The summed E-state index contributed by atoms with van der Waals surface area (Å²) in [6, 6.07) is -0.265. The van der Waals surface area contributed by atoms with Crippen LogP contribution < -0.4 is 0 Å². The first-order valence-corrected chi connectivity index (χ1v) is 8.85. The van der Waals surface area contributed by atoms with Crippen LogP contribution in [-0.4, -0.2) is 45.1 Å². The number of esters is 2. The highest BCUT2D eigenvalue weighted by atomic mass is 19.4. The predicted molar refractivity (Wildman–Crippen MR) is 93.1 cm³/mol. The Morgan fingerprint density at radius 2 is 1.52 bits per heavy atom. The van der Waals surface area contributed by atoms with Crippen LogP contribution in [0.15, 0.2) is 12.4 Å². The fourth-order valence-electron chi connectivity index (χ4n) is 2.09. The second kappa shape index (κ2) is 10.3. The molecule has 0 spiro atoms. The summed E-state index contributed by atoms with van der Waals surface area (Å²) in [5.41, 5.74) is -3.53. The summed E-state index contributed by atoms with van der Waals surface area (Å²) in [7, 11) is 0. The average Bonchev–Trinajstić information content (AvgIpc) is 3.29. The third kappa shape index (κ3) is 7.00. The number of halogens is 6. The number of aromatic nitrogens is 4. The number of carbonyl (C=O) groups is 2. The minimum Gasteiger partial charge on any atom is -0.462 e. The molecule has 0 saturated carbocycles. The van der Waals surface area contributed by atoms with E-state index in [0.29, 0.717) is 0 Å². The molecule has 0 amide bonds. The Bertz CT molecular complexity index is 886. The van der Waals surface area contributed by atoms with Crippen LogP contribution in [0.2, 0.25) is 0 Å². The van der Waals surface area contributed by atoms with E-state index in [1.807, 2.05) is 0 Å². The first-order chi connectivity index (χ1) is 14.2. The molecule has 0 fully saturated rings. The molecule has 0 saturated heterocycles. The van der Waals surface area contributed by atoms with Crippen LogP contribution in [0.1, 0.15) is 65.8 Å². The highest BCUT2D eigenvalue weighted by Gasteiger charge is 2.40. The number of rotatable bonds is 5. The van der Waals surface area contributed by atoms with Crippen molar-refractivity contribution in [2.45, 2.75) is 46.1 Å². The van der Waals surface area contributed by atoms with E-state index < -0.39 is 46.8 Å². The van der Waals surface area contributed by atoms with Gasteiger partial charge in [-0.3, -0.25) is 9.78 Å². The van der Waals surface area contributed by atoms with Crippen molar-refractivity contribution in [3.05, 3.63) is 34.9 Å². The van der Waals surface area contributed by atoms with E-state index in [0.717, 1.165) is 17.1 Å². The molecule has 14 heteroatoms. The van der Waals surface area contributed by atoms with E-state index in [1.165, 1.54) is 13.8 Å². The molecule has 0 aliphatic rings. The van der Waals surface area contributed by atoms with Crippen molar-refractivity contribution in [1.82, 2.24) is 20.0 Å². The summed E-state index contributed by atoms with van der Waals surface area (Å²) in [5, 5.41) is 8.23. The normalized spacial score (nSPS) is 11.7. The minimum absolute atomic E-state index is 0.0152. The molecule has 2 aromatic heterocycles. The summed E-state index contributed by atoms with van der Waals surface area (Å²) in [6.45, 7) is 6.40. The molecule has 31 heavy (non-hydrogen) atoms. The average molecular weight is 458 g/mol. The SMILES string of the molecule is CCOC(=O)c1cn(C(C)C)nc1C(F)(F)F.CCOC(=O)c1cn[nH]c1C(F)(F)F. The monoisotopic (exact) mass is 458 g/mol. The maximum absolute atomic E-state index is 12.6. The van der Waals surface area contributed by atoms with Crippen molar-refractivity contribution in [3.8, 4) is 0 Å². The number of carbonyl (C=O) groups excluding carboxylic acids is 2. The summed E-state index contributed by atoms with van der Waals surface area (Å²) in [4.78, 5) is 22.4. The van der Waals surface area contributed by atoms with Gasteiger partial charge < -0.3 is 9.47 Å². The van der Waals surface area contributed by atoms with Gasteiger partial charge >= 0.3 is 24.3 Å². The van der Waals surface area contributed by atoms with Gasteiger partial charge in [0.15, 0.2) is 11.4 Å². The molecule has 0 unspecified atom stereocenters. The molecular weight excluding hydrogens is 438 g/mol. The van der Waals surface area contributed by atoms with Gasteiger partial charge in [0.1, 0.15) is 11.1 Å². The number of H-pyrrole nitrogens is 1. The number of hydrogen-bond donors (Lipinski definition) is 1. The van der Waals surface area contributed by atoms with Gasteiger partial charge in [0.05, 0.1) is 19.4 Å². The lowest BCUT2D eigenvalue weighted by atomic mass is 10.2. The van der Waals surface area contributed by atoms with Gasteiger partial charge in [0, 0.05) is 12.2 Å². The largest absolute Gasteiger partial charge is 0.462 e. The van der Waals surface area contributed by atoms with Gasteiger partial charge in [-0.25, -0.2) is 9.59 Å². The highest BCUT2D eigenvalue weighted by molar-refractivity contribution is 5.91. The number of nitrogens with one attached hydrogen (secondary N) is 1. The van der Waals surface area contributed by atoms with Gasteiger partial charge in [-0.15, -0.1) is 0 Å². The second-order valence-corrected chi connectivity index (χ2v) is 6.06. The van der Waals surface area contributed by atoms with Crippen molar-refractivity contribution in [2.24, 2.45) is 0 Å². The van der Waals surface area contributed by atoms with Gasteiger partial charge in [0.2, 0.25) is 0 Å². The van der Waals surface area contributed by atoms with Crippen LogP contribution in [0.5, 0.6) is 0 Å². The number of nitrogens with zero attached hydrogens (tertiary/aromatic N) is 3. The zero-order chi connectivity index (χ0) is 24.0. The number of alkyl halides is 6. The lowest BCUT2D eigenvalue weighted by Gasteiger charge is -2.05. The number of aromatic amines is 1. The third-order valence-electron chi connectivity index (χ3n) is 3.44. The van der Waals surface area contributed by atoms with Crippen molar-refractivity contribution in [1.29, 1.82) is 0 Å². The van der Waals surface area contributed by atoms with Crippen LogP contribution in [0, 0.1) is 0 Å². The van der Waals surface area contributed by atoms with Crippen LogP contribution in [0.4, 0.5) is 26.3 Å². The molecule has 0 bridgehead atoms. The van der Waals surface area contributed by atoms with E-state index in [1.54, 1.807) is 18.9 Å². The predicted octanol–water partition coefficient (Wildman–Crippen LogP) is 4.26. The summed E-state index contributed by atoms with van der Waals surface area (Å²) < 4.78 is 84.6. The van der Waals surface area contributed by atoms with Gasteiger partial charge in [-0.1, -0.05) is 0 Å². The third-order valence-corrected chi connectivity index (χ3v) is 3.44. The molecule has 0 aromatic carbocycles. The molecule has 0 aliphatic heterocycles. The summed E-state index contributed by atoms with van der Waals surface area (Å²) >= 11 is 0. The number of hydrogen-bond acceptors (Lipinski definition) is 6. The van der Waals surface area contributed by atoms with E-state index >= 15 is 0 Å². The zero-order valence-electron chi connectivity index (χ0n) is 16.9. The van der Waals surface area contributed by atoms with Crippen molar-refractivity contribution in [2.75, 3.05) is 13.2 Å². The Morgan fingerprint density at radius 1 is 1.00 bits per heavy atom. The van der Waals surface area contributed by atoms with Crippen LogP contribution >= 0.6 is 0 Å². The fourth-order valence-corrected chi connectivity index (χ4v) is 2.09. The van der Waals surface area contributed by atoms with Crippen LogP contribution in [0.3, 0.4) is 0 Å². The Hall–Kier alpha value is -3.06. The molecule has 0 aliphatic carbocycles. The van der Waals surface area contributed by atoms with E-state index in [4.69, 9.17) is 0 Å². The molecule has 2 aromatic rings. The molecular formula is C17H20F6N4O4. The highest BCUT2D eigenvalue weighted by Crippen LogP contribution is 2.32. The molecule has 0 radical (unpaired) electrons. The van der Waals surface area contributed by atoms with Crippen molar-refractivity contribution in [3.63, 3.8) is 0 Å². The summed E-state index contributed by atoms with van der Waals surface area (Å²) in [6.07, 6.45) is -7.44. The lowest BCUT2D eigenvalue weighted by Crippen LogP contribution is -2.14. The Labute approximate surface area is 172 Å². The van der Waals surface area contributed by atoms with E-state index in [-0.39, 0.29) is 19.3 Å². The smallest absolute Gasteiger partial charge is 0.436 e. The Kier molecular flexibility index (Phi) is 8.64. The molecule has 174 valence electrons. The maximum atomic E-state index is 12.6. The van der Waals surface area contributed by atoms with Crippen LogP contribution in [0.25, 0.3) is 0 Å². The molecule has 1 N–H and O–H groups in total. The van der Waals surface area contributed by atoms with E-state index in [2.05, 4.69) is 19.7 Å². The van der Waals surface area contributed by atoms with E-state index in [9.17, 15) is 35.9 Å². The summed E-state index contributed by atoms with van der Waals surface area (Å²) in [5.74, 6) is -2.04.